The van der Waals surface area contributed by atoms with Gasteiger partial charge in [-0.1, -0.05) is 42.3 Å². The topological polar surface area (TPSA) is 39.3 Å². The third-order valence-corrected chi connectivity index (χ3v) is 6.32. The van der Waals surface area contributed by atoms with Gasteiger partial charge < -0.3 is 14.8 Å². The lowest BCUT2D eigenvalue weighted by Crippen LogP contribution is -2.48. The maximum Gasteiger partial charge on any atom is 0.223 e. The smallest absolute Gasteiger partial charge is 0.223 e. The Kier molecular flexibility index (Phi) is 6.14. The zero-order valence-corrected chi connectivity index (χ0v) is 18.0. The molecule has 1 N–H and O–H groups in total. The maximum atomic E-state index is 13.2. The van der Waals surface area contributed by atoms with Gasteiger partial charge in [-0.25, -0.2) is 0 Å². The molecule has 0 saturated carbocycles. The van der Waals surface area contributed by atoms with Crippen molar-refractivity contribution in [3.8, 4) is 0 Å². The summed E-state index contributed by atoms with van der Waals surface area (Å²) in [6, 6.07) is 13.6. The first-order valence-electron chi connectivity index (χ1n) is 10.1. The average Bonchev–Trinajstić information content (AvgIpc) is 3.14. The molecule has 0 unspecified atom stereocenters. The molecule has 4 nitrogen and oxygen atoms in total. The summed E-state index contributed by atoms with van der Waals surface area (Å²) in [5.41, 5.74) is 3.13. The molecule has 1 aromatic heterocycles. The number of amides is 1. The van der Waals surface area contributed by atoms with Gasteiger partial charge in [0.2, 0.25) is 5.91 Å². The molecule has 2 heterocycles. The molecule has 0 aliphatic carbocycles. The SMILES string of the molecule is CCN1CCN(C(=O)C[C@@H](c2cccc(Cl)c2)c2c[nH]c3ccc(Cl)cc23)CC1. The van der Waals surface area contributed by atoms with Gasteiger partial charge in [-0.15, -0.1) is 0 Å². The fourth-order valence-electron chi connectivity index (χ4n) is 4.15. The number of rotatable bonds is 5. The lowest BCUT2D eigenvalue weighted by atomic mass is 9.87. The highest BCUT2D eigenvalue weighted by molar-refractivity contribution is 6.31. The number of piperazine rings is 1. The number of hydrogen-bond acceptors (Lipinski definition) is 2. The van der Waals surface area contributed by atoms with Crippen molar-refractivity contribution in [3.05, 3.63) is 69.8 Å². The van der Waals surface area contributed by atoms with Crippen molar-refractivity contribution in [3.63, 3.8) is 0 Å². The van der Waals surface area contributed by atoms with Gasteiger partial charge in [0.05, 0.1) is 0 Å². The summed E-state index contributed by atoms with van der Waals surface area (Å²) in [5, 5.41) is 2.41. The van der Waals surface area contributed by atoms with E-state index in [2.05, 4.69) is 16.8 Å². The van der Waals surface area contributed by atoms with Crippen LogP contribution in [0.2, 0.25) is 10.0 Å². The number of benzene rings is 2. The maximum absolute atomic E-state index is 13.2. The van der Waals surface area contributed by atoms with E-state index >= 15 is 0 Å². The lowest BCUT2D eigenvalue weighted by molar-refractivity contribution is -0.133. The number of nitrogens with one attached hydrogen (secondary N) is 1. The predicted molar refractivity (Wildman–Crippen MR) is 120 cm³/mol. The minimum atomic E-state index is -0.0855. The summed E-state index contributed by atoms with van der Waals surface area (Å²) >= 11 is 12.5. The highest BCUT2D eigenvalue weighted by Gasteiger charge is 2.26. The van der Waals surface area contributed by atoms with E-state index in [1.165, 1.54) is 0 Å². The number of aromatic amines is 1. The summed E-state index contributed by atoms with van der Waals surface area (Å²) in [6.07, 6.45) is 2.40. The molecule has 3 aromatic rings. The second kappa shape index (κ2) is 8.78. The fourth-order valence-corrected chi connectivity index (χ4v) is 4.52. The van der Waals surface area contributed by atoms with Crippen molar-refractivity contribution in [1.82, 2.24) is 14.8 Å². The number of halogens is 2. The molecule has 1 amide bonds. The van der Waals surface area contributed by atoms with Crippen LogP contribution in [0, 0.1) is 0 Å². The number of fused-ring (bicyclic) bond motifs is 1. The standard InChI is InChI=1S/C23H25Cl2N3O/c1-2-27-8-10-28(11-9-27)23(29)14-19(16-4-3-5-17(24)12-16)21-15-26-22-7-6-18(25)13-20(21)22/h3-7,12-13,15,19,26H,2,8-11,14H2,1H3/t19-/m0/s1. The first-order chi connectivity index (χ1) is 14.0. The fraction of sp³-hybridized carbons (Fsp3) is 0.348. The van der Waals surface area contributed by atoms with Crippen LogP contribution in [0.1, 0.15) is 30.4 Å². The summed E-state index contributed by atoms with van der Waals surface area (Å²) in [5.74, 6) is 0.0970. The van der Waals surface area contributed by atoms with Gasteiger partial charge in [0, 0.05) is 65.7 Å². The summed E-state index contributed by atoms with van der Waals surface area (Å²) in [6.45, 7) is 6.64. The Labute approximate surface area is 181 Å². The number of nitrogens with zero attached hydrogens (tertiary/aromatic N) is 2. The van der Waals surface area contributed by atoms with Crippen molar-refractivity contribution in [2.24, 2.45) is 0 Å². The summed E-state index contributed by atoms with van der Waals surface area (Å²) in [4.78, 5) is 20.9. The highest BCUT2D eigenvalue weighted by Crippen LogP contribution is 2.36. The van der Waals surface area contributed by atoms with Crippen LogP contribution in [0.4, 0.5) is 0 Å². The molecule has 29 heavy (non-hydrogen) atoms. The molecule has 6 heteroatoms. The van der Waals surface area contributed by atoms with Crippen LogP contribution in [0.15, 0.2) is 48.7 Å². The largest absolute Gasteiger partial charge is 0.361 e. The van der Waals surface area contributed by atoms with Crippen molar-refractivity contribution in [2.75, 3.05) is 32.7 Å². The van der Waals surface area contributed by atoms with E-state index in [1.807, 2.05) is 53.6 Å². The minimum Gasteiger partial charge on any atom is -0.361 e. The molecule has 0 spiro atoms. The van der Waals surface area contributed by atoms with Crippen LogP contribution in [-0.2, 0) is 4.79 Å². The van der Waals surface area contributed by atoms with E-state index in [-0.39, 0.29) is 11.8 Å². The number of likely N-dealkylation sites (N-methyl/N-ethyl adjacent to an activating group) is 1. The zero-order chi connectivity index (χ0) is 20.4. The Hall–Kier alpha value is -2.01. The molecule has 1 aliphatic heterocycles. The molecule has 152 valence electrons. The molecule has 1 atom stereocenters. The zero-order valence-electron chi connectivity index (χ0n) is 16.5. The van der Waals surface area contributed by atoms with Crippen molar-refractivity contribution in [2.45, 2.75) is 19.3 Å². The van der Waals surface area contributed by atoms with Gasteiger partial charge >= 0.3 is 0 Å². The third kappa shape index (κ3) is 4.45. The van der Waals surface area contributed by atoms with Crippen molar-refractivity contribution >= 4 is 40.0 Å². The van der Waals surface area contributed by atoms with Crippen LogP contribution in [0.3, 0.4) is 0 Å². The van der Waals surface area contributed by atoms with E-state index in [1.54, 1.807) is 0 Å². The van der Waals surface area contributed by atoms with Crippen molar-refractivity contribution in [1.29, 1.82) is 0 Å². The Morgan fingerprint density at radius 2 is 1.83 bits per heavy atom. The van der Waals surface area contributed by atoms with E-state index < -0.39 is 0 Å². The van der Waals surface area contributed by atoms with E-state index in [4.69, 9.17) is 23.2 Å². The average molecular weight is 430 g/mol. The molecule has 1 fully saturated rings. The van der Waals surface area contributed by atoms with Crippen LogP contribution in [0.5, 0.6) is 0 Å². The van der Waals surface area contributed by atoms with Gasteiger partial charge in [0.1, 0.15) is 0 Å². The first kappa shape index (κ1) is 20.3. The molecule has 1 saturated heterocycles. The lowest BCUT2D eigenvalue weighted by Gasteiger charge is -2.34. The molecule has 0 bridgehead atoms. The second-order valence-electron chi connectivity index (χ2n) is 7.56. The predicted octanol–water partition coefficient (Wildman–Crippen LogP) is 5.16. The van der Waals surface area contributed by atoms with Crippen LogP contribution >= 0.6 is 23.2 Å². The normalized spacial score (nSPS) is 16.3. The molecule has 0 radical (unpaired) electrons. The second-order valence-corrected chi connectivity index (χ2v) is 8.43. The Balaban J connectivity index is 1.66. The van der Waals surface area contributed by atoms with Crippen LogP contribution in [-0.4, -0.2) is 53.4 Å². The van der Waals surface area contributed by atoms with Gasteiger partial charge in [-0.05, 0) is 48.0 Å². The van der Waals surface area contributed by atoms with Gasteiger partial charge in [-0.3, -0.25) is 4.79 Å². The highest BCUT2D eigenvalue weighted by atomic mass is 35.5. The Morgan fingerprint density at radius 1 is 1.07 bits per heavy atom. The summed E-state index contributed by atoms with van der Waals surface area (Å²) < 4.78 is 0. The molecule has 4 rings (SSSR count). The van der Waals surface area contributed by atoms with Gasteiger partial charge in [0.25, 0.3) is 0 Å². The Bertz CT molecular complexity index is 1010. The van der Waals surface area contributed by atoms with E-state index in [0.717, 1.165) is 54.8 Å². The van der Waals surface area contributed by atoms with Crippen LogP contribution in [0.25, 0.3) is 10.9 Å². The van der Waals surface area contributed by atoms with E-state index in [9.17, 15) is 4.79 Å². The van der Waals surface area contributed by atoms with Gasteiger partial charge in [0.15, 0.2) is 0 Å². The monoisotopic (exact) mass is 429 g/mol. The molecular weight excluding hydrogens is 405 g/mol. The van der Waals surface area contributed by atoms with Gasteiger partial charge in [-0.2, -0.15) is 0 Å². The number of carbonyl (C=O) groups is 1. The number of aromatic nitrogens is 1. The number of H-pyrrole nitrogens is 1. The van der Waals surface area contributed by atoms with Crippen LogP contribution < -0.4 is 0 Å². The third-order valence-electron chi connectivity index (χ3n) is 5.85. The molecule has 2 aromatic carbocycles. The molecule has 1 aliphatic rings. The van der Waals surface area contributed by atoms with E-state index in [0.29, 0.717) is 16.5 Å². The minimum absolute atomic E-state index is 0.0855. The summed E-state index contributed by atoms with van der Waals surface area (Å²) in [7, 11) is 0. The quantitative estimate of drug-likeness (QED) is 0.607. The first-order valence-corrected chi connectivity index (χ1v) is 10.8. The molecular formula is C23H25Cl2N3O. The van der Waals surface area contributed by atoms with Crippen molar-refractivity contribution < 1.29 is 4.79 Å². The Morgan fingerprint density at radius 3 is 2.55 bits per heavy atom. The number of hydrogen-bond donors (Lipinski definition) is 1. The number of carbonyl (C=O) groups excluding carboxylic acids is 1.